The molecule has 6 heteroatoms. The minimum atomic E-state index is -0.518. The van der Waals surface area contributed by atoms with Gasteiger partial charge >= 0.3 is 6.03 Å². The van der Waals surface area contributed by atoms with E-state index < -0.39 is 12.1 Å². The zero-order chi connectivity index (χ0) is 18.0. The smallest absolute Gasteiger partial charge is 0.325 e. The molecule has 0 unspecified atom stereocenters. The molecule has 1 fully saturated rings. The number of hydrogen-bond donors (Lipinski definition) is 2. The Kier molecular flexibility index (Phi) is 5.06. The molecule has 0 bridgehead atoms. The van der Waals surface area contributed by atoms with E-state index in [0.29, 0.717) is 12.3 Å². The molecule has 2 atom stereocenters. The van der Waals surface area contributed by atoms with Crippen molar-refractivity contribution in [3.05, 3.63) is 35.4 Å². The average Bonchev–Trinajstić information content (AvgIpc) is 2.82. The molecule has 1 heterocycles. The number of hydrogen-bond acceptors (Lipinski definition) is 3. The standard InChI is InChI=1S/C19H25N3O3/c1-12(2)10-16-18(24)22(19(25)21-16)11-17(23)20-15-9-5-7-13-6-3-4-8-14(13)15/h3-4,6,8,12,15-16H,5,7,9-11H2,1-2H3,(H,20,23)(H,21,25)/t15-,16+/m1/s1. The summed E-state index contributed by atoms with van der Waals surface area (Å²) >= 11 is 0. The minimum absolute atomic E-state index is 0.0512. The van der Waals surface area contributed by atoms with E-state index >= 15 is 0 Å². The van der Waals surface area contributed by atoms with Crippen LogP contribution in [0.25, 0.3) is 0 Å². The monoisotopic (exact) mass is 343 g/mol. The highest BCUT2D eigenvalue weighted by atomic mass is 16.2. The number of imide groups is 1. The second-order valence-electron chi connectivity index (χ2n) is 7.27. The van der Waals surface area contributed by atoms with Gasteiger partial charge in [0, 0.05) is 0 Å². The van der Waals surface area contributed by atoms with Gasteiger partial charge in [0.1, 0.15) is 12.6 Å². The fourth-order valence-corrected chi connectivity index (χ4v) is 3.65. The first-order valence-electron chi connectivity index (χ1n) is 8.94. The first kappa shape index (κ1) is 17.5. The molecule has 1 aliphatic carbocycles. The zero-order valence-electron chi connectivity index (χ0n) is 14.7. The van der Waals surface area contributed by atoms with E-state index in [4.69, 9.17) is 0 Å². The number of carbonyl (C=O) groups is 3. The summed E-state index contributed by atoms with van der Waals surface area (Å²) in [6.07, 6.45) is 3.49. The topological polar surface area (TPSA) is 78.5 Å². The molecule has 3 rings (SSSR count). The summed E-state index contributed by atoms with van der Waals surface area (Å²) in [5.41, 5.74) is 2.39. The van der Waals surface area contributed by atoms with E-state index in [1.165, 1.54) is 5.56 Å². The number of fused-ring (bicyclic) bond motifs is 1. The second kappa shape index (κ2) is 7.25. The zero-order valence-corrected chi connectivity index (χ0v) is 14.7. The van der Waals surface area contributed by atoms with E-state index in [2.05, 4.69) is 16.7 Å². The molecule has 6 nitrogen and oxygen atoms in total. The van der Waals surface area contributed by atoms with Crippen LogP contribution in [-0.4, -0.2) is 35.3 Å². The lowest BCUT2D eigenvalue weighted by Crippen LogP contribution is -2.42. The summed E-state index contributed by atoms with van der Waals surface area (Å²) < 4.78 is 0. The van der Waals surface area contributed by atoms with Crippen LogP contribution in [-0.2, 0) is 16.0 Å². The van der Waals surface area contributed by atoms with Gasteiger partial charge in [0.2, 0.25) is 5.91 Å². The van der Waals surface area contributed by atoms with Crippen molar-refractivity contribution in [1.29, 1.82) is 0 Å². The lowest BCUT2D eigenvalue weighted by molar-refractivity contribution is -0.132. The Balaban J connectivity index is 1.62. The number of urea groups is 1. The van der Waals surface area contributed by atoms with Crippen molar-refractivity contribution in [2.75, 3.05) is 6.54 Å². The molecular weight excluding hydrogens is 318 g/mol. The van der Waals surface area contributed by atoms with Crippen LogP contribution in [0, 0.1) is 5.92 Å². The Labute approximate surface area is 148 Å². The van der Waals surface area contributed by atoms with Crippen molar-refractivity contribution >= 4 is 17.8 Å². The van der Waals surface area contributed by atoms with Crippen molar-refractivity contribution < 1.29 is 14.4 Å². The van der Waals surface area contributed by atoms with Crippen molar-refractivity contribution in [1.82, 2.24) is 15.5 Å². The molecule has 0 spiro atoms. The van der Waals surface area contributed by atoms with E-state index in [9.17, 15) is 14.4 Å². The number of carbonyl (C=O) groups excluding carboxylic acids is 3. The molecule has 4 amide bonds. The molecule has 1 aliphatic heterocycles. The minimum Gasteiger partial charge on any atom is -0.348 e. The highest BCUT2D eigenvalue weighted by Crippen LogP contribution is 2.29. The molecule has 0 saturated carbocycles. The van der Waals surface area contributed by atoms with E-state index in [0.717, 1.165) is 29.7 Å². The van der Waals surface area contributed by atoms with Gasteiger partial charge in [-0.05, 0) is 42.7 Å². The lowest BCUT2D eigenvalue weighted by atomic mass is 9.88. The normalized spacial score (nSPS) is 22.8. The SMILES string of the molecule is CC(C)C[C@@H]1NC(=O)N(CC(=O)N[C@@H]2CCCc3ccccc32)C1=O. The first-order valence-corrected chi connectivity index (χ1v) is 8.94. The largest absolute Gasteiger partial charge is 0.348 e. The Morgan fingerprint density at radius 1 is 1.32 bits per heavy atom. The fourth-order valence-electron chi connectivity index (χ4n) is 3.65. The summed E-state index contributed by atoms with van der Waals surface area (Å²) in [6, 6.07) is 7.05. The number of amides is 4. The van der Waals surface area contributed by atoms with Crippen molar-refractivity contribution in [3.63, 3.8) is 0 Å². The molecule has 134 valence electrons. The molecule has 2 N–H and O–H groups in total. The summed E-state index contributed by atoms with van der Waals surface area (Å²) in [4.78, 5) is 37.8. The third-order valence-electron chi connectivity index (χ3n) is 4.82. The van der Waals surface area contributed by atoms with E-state index in [-0.39, 0.29) is 24.4 Å². The van der Waals surface area contributed by atoms with Gasteiger partial charge in [-0.3, -0.25) is 14.5 Å². The number of nitrogens with one attached hydrogen (secondary N) is 2. The van der Waals surface area contributed by atoms with Gasteiger partial charge in [-0.25, -0.2) is 4.79 Å². The van der Waals surface area contributed by atoms with Gasteiger partial charge in [0.25, 0.3) is 5.91 Å². The Morgan fingerprint density at radius 2 is 2.08 bits per heavy atom. The summed E-state index contributed by atoms with van der Waals surface area (Å²) in [5, 5.41) is 5.65. The van der Waals surface area contributed by atoms with Crippen LogP contribution in [0.4, 0.5) is 4.79 Å². The maximum Gasteiger partial charge on any atom is 0.325 e. The lowest BCUT2D eigenvalue weighted by Gasteiger charge is -2.27. The highest BCUT2D eigenvalue weighted by molar-refractivity contribution is 6.06. The Hall–Kier alpha value is -2.37. The van der Waals surface area contributed by atoms with Crippen molar-refractivity contribution in [2.24, 2.45) is 5.92 Å². The van der Waals surface area contributed by atoms with Gasteiger partial charge in [-0.1, -0.05) is 38.1 Å². The molecule has 0 aromatic heterocycles. The highest BCUT2D eigenvalue weighted by Gasteiger charge is 2.39. The fraction of sp³-hybridized carbons (Fsp3) is 0.526. The van der Waals surface area contributed by atoms with Crippen LogP contribution in [0.3, 0.4) is 0 Å². The van der Waals surface area contributed by atoms with E-state index in [1.807, 2.05) is 32.0 Å². The van der Waals surface area contributed by atoms with Crippen LogP contribution in [0.2, 0.25) is 0 Å². The van der Waals surface area contributed by atoms with Crippen LogP contribution in [0.5, 0.6) is 0 Å². The molecule has 2 aliphatic rings. The number of benzene rings is 1. The molecule has 1 aromatic rings. The predicted molar refractivity (Wildman–Crippen MR) is 93.8 cm³/mol. The third-order valence-corrected chi connectivity index (χ3v) is 4.82. The summed E-state index contributed by atoms with van der Waals surface area (Å²) in [7, 11) is 0. The number of aryl methyl sites for hydroxylation is 1. The number of rotatable bonds is 5. The quantitative estimate of drug-likeness (QED) is 0.804. The van der Waals surface area contributed by atoms with Crippen molar-refractivity contribution in [3.8, 4) is 0 Å². The third kappa shape index (κ3) is 3.83. The average molecular weight is 343 g/mol. The first-order chi connectivity index (χ1) is 12.0. The van der Waals surface area contributed by atoms with Crippen LogP contribution in [0.15, 0.2) is 24.3 Å². The van der Waals surface area contributed by atoms with Gasteiger partial charge in [0.05, 0.1) is 6.04 Å². The maximum absolute atomic E-state index is 12.4. The molecule has 0 radical (unpaired) electrons. The van der Waals surface area contributed by atoms with Crippen LogP contribution >= 0.6 is 0 Å². The van der Waals surface area contributed by atoms with Crippen LogP contribution < -0.4 is 10.6 Å². The van der Waals surface area contributed by atoms with Gasteiger partial charge in [-0.15, -0.1) is 0 Å². The van der Waals surface area contributed by atoms with Gasteiger partial charge < -0.3 is 10.6 Å². The van der Waals surface area contributed by atoms with E-state index in [1.54, 1.807) is 0 Å². The Morgan fingerprint density at radius 3 is 2.84 bits per heavy atom. The summed E-state index contributed by atoms with van der Waals surface area (Å²) in [5.74, 6) is -0.310. The maximum atomic E-state index is 12.4. The Bertz CT molecular complexity index is 686. The molecule has 1 aromatic carbocycles. The molecule has 25 heavy (non-hydrogen) atoms. The second-order valence-corrected chi connectivity index (χ2v) is 7.27. The molecular formula is C19H25N3O3. The van der Waals surface area contributed by atoms with Crippen molar-refractivity contribution in [2.45, 2.75) is 51.6 Å². The number of nitrogens with zero attached hydrogens (tertiary/aromatic N) is 1. The predicted octanol–water partition coefficient (Wildman–Crippen LogP) is 2.15. The van der Waals surface area contributed by atoms with Gasteiger partial charge in [0.15, 0.2) is 0 Å². The van der Waals surface area contributed by atoms with Crippen LogP contribution in [0.1, 0.15) is 50.3 Å². The summed E-state index contributed by atoms with van der Waals surface area (Å²) in [6.45, 7) is 3.77. The van der Waals surface area contributed by atoms with Gasteiger partial charge in [-0.2, -0.15) is 0 Å². The molecule has 1 saturated heterocycles.